The predicted octanol–water partition coefficient (Wildman–Crippen LogP) is 4.45. The summed E-state index contributed by atoms with van der Waals surface area (Å²) in [5, 5.41) is 12.3. The third kappa shape index (κ3) is 3.97. The predicted molar refractivity (Wildman–Crippen MR) is 106 cm³/mol. The number of benzene rings is 1. The second-order valence-corrected chi connectivity index (χ2v) is 9.34. The highest BCUT2D eigenvalue weighted by Crippen LogP contribution is 2.33. The van der Waals surface area contributed by atoms with Crippen molar-refractivity contribution in [3.05, 3.63) is 40.2 Å². The van der Waals surface area contributed by atoms with E-state index in [1.807, 2.05) is 17.5 Å². The van der Waals surface area contributed by atoms with Crippen LogP contribution >= 0.6 is 11.3 Å². The molecule has 2 aromatic rings. The van der Waals surface area contributed by atoms with Crippen molar-refractivity contribution in [2.24, 2.45) is 0 Å². The minimum Gasteiger partial charge on any atom is -0.274 e. The van der Waals surface area contributed by atoms with Gasteiger partial charge in [-0.05, 0) is 43.4 Å². The van der Waals surface area contributed by atoms with Gasteiger partial charge in [0.2, 0.25) is 10.0 Å². The van der Waals surface area contributed by atoms with Crippen LogP contribution in [0.2, 0.25) is 0 Å². The first-order chi connectivity index (χ1) is 12.4. The maximum absolute atomic E-state index is 11.6. The van der Waals surface area contributed by atoms with E-state index < -0.39 is 10.0 Å². The fourth-order valence-electron chi connectivity index (χ4n) is 3.06. The first-order valence-electron chi connectivity index (χ1n) is 8.52. The summed E-state index contributed by atoms with van der Waals surface area (Å²) in [5.74, 6) is 0. The van der Waals surface area contributed by atoms with Gasteiger partial charge in [0, 0.05) is 18.0 Å². The van der Waals surface area contributed by atoms with Gasteiger partial charge in [0.1, 0.15) is 11.1 Å². The maximum atomic E-state index is 11.6. The molecular formula is C19H21N3O2S2. The van der Waals surface area contributed by atoms with Crippen LogP contribution in [0.1, 0.15) is 37.1 Å². The first-order valence-corrected chi connectivity index (χ1v) is 11.3. The standard InChI is InChI=1S/C19H21N3O2S2/c1-22(26(2,23)24)16-10-8-15(9-11-16)18-13-25-19(21-18)17(12-20)14-6-4-3-5-7-14/h8-11,13H,3-7H2,1-2H3. The molecule has 0 atom stereocenters. The highest BCUT2D eigenvalue weighted by Gasteiger charge is 2.17. The van der Waals surface area contributed by atoms with Gasteiger partial charge in [0.05, 0.1) is 23.2 Å². The van der Waals surface area contributed by atoms with Crippen molar-refractivity contribution < 1.29 is 8.42 Å². The monoisotopic (exact) mass is 387 g/mol. The third-order valence-electron chi connectivity index (χ3n) is 4.66. The number of hydrogen-bond acceptors (Lipinski definition) is 5. The van der Waals surface area contributed by atoms with Crippen LogP contribution in [0.4, 0.5) is 5.69 Å². The van der Waals surface area contributed by atoms with E-state index in [0.29, 0.717) is 5.69 Å². The van der Waals surface area contributed by atoms with Gasteiger partial charge in [0.15, 0.2) is 0 Å². The Morgan fingerprint density at radius 3 is 2.42 bits per heavy atom. The van der Waals surface area contributed by atoms with E-state index in [-0.39, 0.29) is 0 Å². The van der Waals surface area contributed by atoms with Crippen molar-refractivity contribution in [3.8, 4) is 17.3 Å². The molecule has 1 aromatic heterocycles. The van der Waals surface area contributed by atoms with Gasteiger partial charge in [-0.1, -0.05) is 18.6 Å². The molecular weight excluding hydrogens is 366 g/mol. The van der Waals surface area contributed by atoms with E-state index in [0.717, 1.165) is 47.5 Å². The molecule has 1 aliphatic carbocycles. The number of sulfonamides is 1. The highest BCUT2D eigenvalue weighted by molar-refractivity contribution is 7.92. The summed E-state index contributed by atoms with van der Waals surface area (Å²) in [6.45, 7) is 0. The number of nitrogens with zero attached hydrogens (tertiary/aromatic N) is 3. The van der Waals surface area contributed by atoms with Crippen LogP contribution in [0, 0.1) is 11.3 Å². The van der Waals surface area contributed by atoms with Crippen molar-refractivity contribution in [3.63, 3.8) is 0 Å². The minimum atomic E-state index is -3.28. The molecule has 26 heavy (non-hydrogen) atoms. The average molecular weight is 388 g/mol. The number of nitriles is 1. The molecule has 0 saturated heterocycles. The van der Waals surface area contributed by atoms with Gasteiger partial charge in [-0.3, -0.25) is 4.31 Å². The zero-order valence-corrected chi connectivity index (χ0v) is 16.5. The Labute approximate surface area is 158 Å². The number of rotatable bonds is 4. The zero-order valence-electron chi connectivity index (χ0n) is 14.9. The molecule has 0 spiro atoms. The first kappa shape index (κ1) is 18.6. The number of allylic oxidation sites excluding steroid dienone is 2. The zero-order chi connectivity index (χ0) is 18.7. The molecule has 1 aromatic carbocycles. The van der Waals surface area contributed by atoms with E-state index in [4.69, 9.17) is 0 Å². The van der Waals surface area contributed by atoms with Gasteiger partial charge in [-0.25, -0.2) is 13.4 Å². The fraction of sp³-hybridized carbons (Fsp3) is 0.368. The molecule has 0 amide bonds. The molecule has 1 fully saturated rings. The molecule has 0 bridgehead atoms. The van der Waals surface area contributed by atoms with Crippen molar-refractivity contribution in [1.29, 1.82) is 5.26 Å². The largest absolute Gasteiger partial charge is 0.274 e. The van der Waals surface area contributed by atoms with E-state index in [2.05, 4.69) is 11.1 Å². The molecule has 0 N–H and O–H groups in total. The van der Waals surface area contributed by atoms with E-state index >= 15 is 0 Å². The van der Waals surface area contributed by atoms with Crippen molar-refractivity contribution in [2.75, 3.05) is 17.6 Å². The van der Waals surface area contributed by atoms with Crippen molar-refractivity contribution in [2.45, 2.75) is 32.1 Å². The summed E-state index contributed by atoms with van der Waals surface area (Å²) in [5.41, 5.74) is 4.28. The average Bonchev–Trinajstić information content (AvgIpc) is 3.12. The Morgan fingerprint density at radius 1 is 1.19 bits per heavy atom. The second kappa shape index (κ2) is 7.60. The van der Waals surface area contributed by atoms with Gasteiger partial charge >= 0.3 is 0 Å². The fourth-order valence-corrected chi connectivity index (χ4v) is 4.44. The van der Waals surface area contributed by atoms with E-state index in [1.165, 1.54) is 40.9 Å². The topological polar surface area (TPSA) is 74.1 Å². The molecule has 0 unspecified atom stereocenters. The van der Waals surface area contributed by atoms with Crippen LogP contribution in [0.15, 0.2) is 35.2 Å². The van der Waals surface area contributed by atoms with Gasteiger partial charge in [0.25, 0.3) is 0 Å². The van der Waals surface area contributed by atoms with Crippen LogP contribution in [0.25, 0.3) is 16.8 Å². The lowest BCUT2D eigenvalue weighted by atomic mass is 9.91. The van der Waals surface area contributed by atoms with Crippen LogP contribution in [-0.4, -0.2) is 26.7 Å². The van der Waals surface area contributed by atoms with Crippen molar-refractivity contribution >= 4 is 32.6 Å². The summed E-state index contributed by atoms with van der Waals surface area (Å²) in [4.78, 5) is 4.66. The number of thiazole rings is 1. The Hall–Kier alpha value is -2.17. The molecule has 1 aliphatic rings. The lowest BCUT2D eigenvalue weighted by Gasteiger charge is -2.16. The third-order valence-corrected chi connectivity index (χ3v) is 6.73. The lowest BCUT2D eigenvalue weighted by molar-refractivity contribution is 0.600. The van der Waals surface area contributed by atoms with E-state index in [1.54, 1.807) is 12.1 Å². The number of aromatic nitrogens is 1. The highest BCUT2D eigenvalue weighted by atomic mass is 32.2. The Morgan fingerprint density at radius 2 is 1.85 bits per heavy atom. The summed E-state index contributed by atoms with van der Waals surface area (Å²) < 4.78 is 24.5. The molecule has 3 rings (SSSR count). The quantitative estimate of drug-likeness (QED) is 0.727. The molecule has 0 aliphatic heterocycles. The summed E-state index contributed by atoms with van der Waals surface area (Å²) in [6, 6.07) is 9.59. The maximum Gasteiger partial charge on any atom is 0.231 e. The number of hydrogen-bond donors (Lipinski definition) is 0. The number of anilines is 1. The molecule has 5 nitrogen and oxygen atoms in total. The summed E-state index contributed by atoms with van der Waals surface area (Å²) in [7, 11) is -1.75. The van der Waals surface area contributed by atoms with Crippen LogP contribution in [0.5, 0.6) is 0 Å². The Balaban J connectivity index is 1.87. The van der Waals surface area contributed by atoms with Gasteiger partial charge < -0.3 is 0 Å². The SMILES string of the molecule is CN(c1ccc(-c2csc(C(C#N)=C3CCCCC3)n2)cc1)S(C)(=O)=O. The molecule has 1 saturated carbocycles. The second-order valence-electron chi connectivity index (χ2n) is 6.47. The molecule has 7 heteroatoms. The Kier molecular flexibility index (Phi) is 5.44. The van der Waals surface area contributed by atoms with Crippen LogP contribution in [0.3, 0.4) is 0 Å². The lowest BCUT2D eigenvalue weighted by Crippen LogP contribution is -2.24. The van der Waals surface area contributed by atoms with Gasteiger partial charge in [-0.2, -0.15) is 5.26 Å². The van der Waals surface area contributed by atoms with Crippen LogP contribution in [-0.2, 0) is 10.0 Å². The van der Waals surface area contributed by atoms with Crippen LogP contribution < -0.4 is 4.31 Å². The molecule has 1 heterocycles. The summed E-state index contributed by atoms with van der Waals surface area (Å²) in [6.07, 6.45) is 6.69. The Bertz CT molecular complexity index is 959. The molecule has 0 radical (unpaired) electrons. The summed E-state index contributed by atoms with van der Waals surface area (Å²) >= 11 is 1.49. The normalized spacial score (nSPS) is 14.7. The smallest absolute Gasteiger partial charge is 0.231 e. The molecule has 136 valence electrons. The van der Waals surface area contributed by atoms with E-state index in [9.17, 15) is 13.7 Å². The van der Waals surface area contributed by atoms with Crippen molar-refractivity contribution in [1.82, 2.24) is 4.98 Å². The van der Waals surface area contributed by atoms with Gasteiger partial charge in [-0.15, -0.1) is 11.3 Å². The minimum absolute atomic E-state index is 0.605.